The molecule has 108 valence electrons. The first-order valence-electron chi connectivity index (χ1n) is 6.13. The highest BCUT2D eigenvalue weighted by Gasteiger charge is 2.05. The number of amides is 1. The first-order chi connectivity index (χ1) is 10.1. The van der Waals surface area contributed by atoms with Crippen molar-refractivity contribution in [2.24, 2.45) is 5.84 Å². The molecule has 0 aliphatic rings. The van der Waals surface area contributed by atoms with Gasteiger partial charge in [0.05, 0.1) is 0 Å². The SMILES string of the molecule is NNC(=O)c1cccc(NC(=S)Nc2ccc(N)cc2)c1. The number of hydrogen-bond acceptors (Lipinski definition) is 4. The predicted octanol–water partition coefficient (Wildman–Crippen LogP) is 1.68. The fourth-order valence-electron chi connectivity index (χ4n) is 1.68. The quantitative estimate of drug-likeness (QED) is 0.194. The zero-order valence-corrected chi connectivity index (χ0v) is 11.9. The molecule has 2 aromatic rings. The van der Waals surface area contributed by atoms with Crippen molar-refractivity contribution in [1.29, 1.82) is 0 Å². The van der Waals surface area contributed by atoms with Gasteiger partial charge in [-0.25, -0.2) is 5.84 Å². The lowest BCUT2D eigenvalue weighted by atomic mass is 10.2. The number of hydrogen-bond donors (Lipinski definition) is 5. The molecular formula is C14H15N5OS. The maximum atomic E-state index is 11.5. The summed E-state index contributed by atoms with van der Waals surface area (Å²) in [7, 11) is 0. The minimum absolute atomic E-state index is 0.365. The number of hydrazine groups is 1. The number of thiocarbonyl (C=S) groups is 1. The average molecular weight is 301 g/mol. The molecule has 0 fully saturated rings. The molecule has 0 aliphatic heterocycles. The number of rotatable bonds is 3. The smallest absolute Gasteiger partial charge is 0.265 e. The van der Waals surface area contributed by atoms with E-state index in [4.69, 9.17) is 23.8 Å². The van der Waals surface area contributed by atoms with E-state index in [1.165, 1.54) is 0 Å². The van der Waals surface area contributed by atoms with E-state index in [1.807, 2.05) is 12.1 Å². The van der Waals surface area contributed by atoms with Crippen LogP contribution < -0.4 is 27.6 Å². The molecule has 21 heavy (non-hydrogen) atoms. The van der Waals surface area contributed by atoms with Crippen LogP contribution in [0.5, 0.6) is 0 Å². The molecule has 0 aliphatic carbocycles. The van der Waals surface area contributed by atoms with E-state index < -0.39 is 0 Å². The van der Waals surface area contributed by atoms with E-state index in [0.717, 1.165) is 5.69 Å². The van der Waals surface area contributed by atoms with Crippen molar-refractivity contribution >= 4 is 40.3 Å². The summed E-state index contributed by atoms with van der Waals surface area (Å²) in [5.74, 6) is 4.74. The minimum Gasteiger partial charge on any atom is -0.399 e. The van der Waals surface area contributed by atoms with Crippen LogP contribution >= 0.6 is 12.2 Å². The van der Waals surface area contributed by atoms with E-state index in [0.29, 0.717) is 22.1 Å². The Bertz CT molecular complexity index is 657. The van der Waals surface area contributed by atoms with E-state index in [9.17, 15) is 4.79 Å². The molecular weight excluding hydrogens is 286 g/mol. The highest BCUT2D eigenvalue weighted by atomic mass is 32.1. The highest BCUT2D eigenvalue weighted by Crippen LogP contribution is 2.13. The summed E-state index contributed by atoms with van der Waals surface area (Å²) in [5, 5.41) is 6.42. The summed E-state index contributed by atoms with van der Waals surface area (Å²) in [5.41, 5.74) is 10.3. The number of carbonyl (C=O) groups is 1. The van der Waals surface area contributed by atoms with Crippen LogP contribution in [-0.2, 0) is 0 Å². The molecule has 0 unspecified atom stereocenters. The second-order valence-electron chi connectivity index (χ2n) is 4.26. The molecule has 0 saturated carbocycles. The molecule has 0 spiro atoms. The molecule has 6 nitrogen and oxygen atoms in total. The van der Waals surface area contributed by atoms with Crippen LogP contribution in [0.4, 0.5) is 17.1 Å². The summed E-state index contributed by atoms with van der Waals surface area (Å²) in [4.78, 5) is 11.5. The van der Waals surface area contributed by atoms with E-state index in [2.05, 4.69) is 16.1 Å². The maximum Gasteiger partial charge on any atom is 0.265 e. The molecule has 1 amide bonds. The van der Waals surface area contributed by atoms with Crippen molar-refractivity contribution in [3.8, 4) is 0 Å². The van der Waals surface area contributed by atoms with Gasteiger partial charge in [-0.15, -0.1) is 0 Å². The Labute approximate surface area is 127 Å². The highest BCUT2D eigenvalue weighted by molar-refractivity contribution is 7.80. The standard InChI is InChI=1S/C14H15N5OS/c15-10-4-6-11(7-5-10)17-14(21)18-12-3-1-2-9(8-12)13(20)19-16/h1-8H,15-16H2,(H,19,20)(H2,17,18,21). The molecule has 0 bridgehead atoms. The first kappa shape index (κ1) is 14.8. The molecule has 7 heteroatoms. The van der Waals surface area contributed by atoms with E-state index in [1.54, 1.807) is 36.4 Å². The van der Waals surface area contributed by atoms with Crippen LogP contribution in [-0.4, -0.2) is 11.0 Å². The zero-order valence-electron chi connectivity index (χ0n) is 11.1. The van der Waals surface area contributed by atoms with Gasteiger partial charge < -0.3 is 16.4 Å². The molecule has 0 atom stereocenters. The van der Waals surface area contributed by atoms with Gasteiger partial charge >= 0.3 is 0 Å². The van der Waals surface area contributed by atoms with Gasteiger partial charge in [-0.1, -0.05) is 6.07 Å². The maximum absolute atomic E-state index is 11.5. The third-order valence-corrected chi connectivity index (χ3v) is 2.89. The molecule has 0 saturated heterocycles. The van der Waals surface area contributed by atoms with Gasteiger partial charge in [0.1, 0.15) is 0 Å². The lowest BCUT2D eigenvalue weighted by Crippen LogP contribution is -2.30. The lowest BCUT2D eigenvalue weighted by Gasteiger charge is -2.11. The van der Waals surface area contributed by atoms with Crippen molar-refractivity contribution in [2.75, 3.05) is 16.4 Å². The Balaban J connectivity index is 2.02. The largest absolute Gasteiger partial charge is 0.399 e. The Morgan fingerprint density at radius 1 is 1.00 bits per heavy atom. The molecule has 2 aromatic carbocycles. The van der Waals surface area contributed by atoms with E-state index >= 15 is 0 Å². The van der Waals surface area contributed by atoms with Crippen molar-refractivity contribution in [1.82, 2.24) is 5.43 Å². The number of anilines is 3. The van der Waals surface area contributed by atoms with Crippen molar-refractivity contribution in [2.45, 2.75) is 0 Å². The van der Waals surface area contributed by atoms with Crippen molar-refractivity contribution < 1.29 is 4.79 Å². The third kappa shape index (κ3) is 4.16. The van der Waals surface area contributed by atoms with Crippen LogP contribution in [0.2, 0.25) is 0 Å². The number of nitrogens with one attached hydrogen (secondary N) is 3. The van der Waals surface area contributed by atoms with Gasteiger partial charge in [0.2, 0.25) is 0 Å². The zero-order chi connectivity index (χ0) is 15.2. The normalized spacial score (nSPS) is 9.76. The summed E-state index contributed by atoms with van der Waals surface area (Å²) >= 11 is 5.21. The molecule has 2 rings (SSSR count). The summed E-state index contributed by atoms with van der Waals surface area (Å²) in [6, 6.07) is 14.0. The number of nitrogens with two attached hydrogens (primary N) is 2. The van der Waals surface area contributed by atoms with Gasteiger partial charge in [-0.2, -0.15) is 0 Å². The third-order valence-electron chi connectivity index (χ3n) is 2.68. The Hall–Kier alpha value is -2.64. The fraction of sp³-hybridized carbons (Fsp3) is 0. The summed E-state index contributed by atoms with van der Waals surface area (Å²) < 4.78 is 0. The van der Waals surface area contributed by atoms with Gasteiger partial charge in [0.15, 0.2) is 5.11 Å². The van der Waals surface area contributed by atoms with Crippen LogP contribution in [0.3, 0.4) is 0 Å². The minimum atomic E-state index is -0.365. The average Bonchev–Trinajstić information content (AvgIpc) is 2.49. The molecule has 0 heterocycles. The monoisotopic (exact) mass is 301 g/mol. The fourth-order valence-corrected chi connectivity index (χ4v) is 1.92. The second-order valence-corrected chi connectivity index (χ2v) is 4.66. The van der Waals surface area contributed by atoms with Gasteiger partial charge in [-0.3, -0.25) is 10.2 Å². The summed E-state index contributed by atoms with van der Waals surface area (Å²) in [6.45, 7) is 0. The van der Waals surface area contributed by atoms with Crippen LogP contribution in [0.25, 0.3) is 0 Å². The predicted molar refractivity (Wildman–Crippen MR) is 88.8 cm³/mol. The van der Waals surface area contributed by atoms with E-state index in [-0.39, 0.29) is 5.91 Å². The molecule has 7 N–H and O–H groups in total. The Morgan fingerprint density at radius 2 is 1.67 bits per heavy atom. The first-order valence-corrected chi connectivity index (χ1v) is 6.54. The van der Waals surface area contributed by atoms with Crippen molar-refractivity contribution in [3.63, 3.8) is 0 Å². The number of nitrogen functional groups attached to an aromatic ring is 2. The lowest BCUT2D eigenvalue weighted by molar-refractivity contribution is 0.0953. The summed E-state index contributed by atoms with van der Waals surface area (Å²) in [6.07, 6.45) is 0. The van der Waals surface area contributed by atoms with Crippen molar-refractivity contribution in [3.05, 3.63) is 54.1 Å². The topological polar surface area (TPSA) is 105 Å². The number of benzene rings is 2. The van der Waals surface area contributed by atoms with Crippen LogP contribution in [0, 0.1) is 0 Å². The Morgan fingerprint density at radius 3 is 2.33 bits per heavy atom. The number of carbonyl (C=O) groups excluding carboxylic acids is 1. The van der Waals surface area contributed by atoms with Crippen LogP contribution in [0.15, 0.2) is 48.5 Å². The van der Waals surface area contributed by atoms with Gasteiger partial charge in [0.25, 0.3) is 5.91 Å². The molecule has 0 radical (unpaired) electrons. The molecule has 0 aromatic heterocycles. The van der Waals surface area contributed by atoms with Gasteiger partial charge in [0, 0.05) is 22.6 Å². The Kier molecular flexibility index (Phi) is 4.70. The van der Waals surface area contributed by atoms with Crippen LogP contribution in [0.1, 0.15) is 10.4 Å². The van der Waals surface area contributed by atoms with Gasteiger partial charge in [-0.05, 0) is 54.7 Å². The second kappa shape index (κ2) is 6.69.